The van der Waals surface area contributed by atoms with E-state index in [0.29, 0.717) is 18.8 Å². The molecular formula is C13H18N2O4. The Hall–Kier alpha value is -1.95. The Kier molecular flexibility index (Phi) is 5.44. The quantitative estimate of drug-likeness (QED) is 0.608. The topological polar surface area (TPSA) is 72.7 Å². The summed E-state index contributed by atoms with van der Waals surface area (Å²) in [6, 6.07) is 4.65. The molecule has 0 N–H and O–H groups in total. The molecule has 1 aromatic rings. The maximum atomic E-state index is 11.6. The Morgan fingerprint density at radius 2 is 2.00 bits per heavy atom. The van der Waals surface area contributed by atoms with Gasteiger partial charge in [0.15, 0.2) is 0 Å². The van der Waals surface area contributed by atoms with Crippen LogP contribution in [-0.2, 0) is 9.53 Å². The summed E-state index contributed by atoms with van der Waals surface area (Å²) in [7, 11) is 0. The highest BCUT2D eigenvalue weighted by molar-refractivity contribution is 5.95. The first-order valence-electron chi connectivity index (χ1n) is 6.22. The van der Waals surface area contributed by atoms with Crippen LogP contribution in [0.25, 0.3) is 0 Å². The van der Waals surface area contributed by atoms with E-state index in [9.17, 15) is 14.9 Å². The number of carbonyl (C=O) groups excluding carboxylic acids is 1. The van der Waals surface area contributed by atoms with Gasteiger partial charge < -0.3 is 9.64 Å². The van der Waals surface area contributed by atoms with Gasteiger partial charge in [-0.2, -0.15) is 0 Å². The molecule has 104 valence electrons. The van der Waals surface area contributed by atoms with Crippen molar-refractivity contribution in [2.75, 3.05) is 24.7 Å². The van der Waals surface area contributed by atoms with Crippen LogP contribution in [0.5, 0.6) is 0 Å². The summed E-state index contributed by atoms with van der Waals surface area (Å²) in [4.78, 5) is 23.4. The molecule has 0 saturated carbocycles. The number of carbonyl (C=O) groups is 1. The maximum absolute atomic E-state index is 11.6. The molecule has 6 nitrogen and oxygen atoms in total. The predicted molar refractivity (Wildman–Crippen MR) is 72.4 cm³/mol. The van der Waals surface area contributed by atoms with E-state index < -0.39 is 4.92 Å². The number of nitro groups is 1. The molecule has 1 aliphatic heterocycles. The summed E-state index contributed by atoms with van der Waals surface area (Å²) in [5.41, 5.74) is 1.32. The minimum atomic E-state index is -0.457. The minimum Gasteiger partial charge on any atom is -0.370 e. The third-order valence-electron chi connectivity index (χ3n) is 2.56. The number of anilines is 1. The first kappa shape index (κ1) is 15.1. The summed E-state index contributed by atoms with van der Waals surface area (Å²) in [6.45, 7) is 6.68. The van der Waals surface area contributed by atoms with Gasteiger partial charge in [-0.3, -0.25) is 14.9 Å². The number of hydrogen-bond donors (Lipinski definition) is 0. The van der Waals surface area contributed by atoms with Gasteiger partial charge in [-0.25, -0.2) is 0 Å². The lowest BCUT2D eigenvalue weighted by Gasteiger charge is -2.26. The van der Waals surface area contributed by atoms with Gasteiger partial charge >= 0.3 is 0 Å². The zero-order valence-corrected chi connectivity index (χ0v) is 11.4. The highest BCUT2D eigenvalue weighted by Crippen LogP contribution is 2.24. The number of non-ortho nitro benzene ring substituents is 1. The van der Waals surface area contributed by atoms with Crippen molar-refractivity contribution >= 4 is 17.3 Å². The van der Waals surface area contributed by atoms with Crippen LogP contribution in [0.1, 0.15) is 19.4 Å². The van der Waals surface area contributed by atoms with Crippen molar-refractivity contribution in [1.29, 1.82) is 0 Å². The van der Waals surface area contributed by atoms with E-state index in [1.807, 2.05) is 13.8 Å². The van der Waals surface area contributed by atoms with E-state index in [2.05, 4.69) is 0 Å². The standard InChI is InChI=1S/C11H12N2O4.C2H6/c1-8-4-9(6-10(5-8)13(15)16)12-2-3-17-7-11(12)14;1-2/h4-6H,2-3,7H2,1H3;1-2H3. The zero-order valence-electron chi connectivity index (χ0n) is 11.4. The Balaban J connectivity index is 0.000000861. The second kappa shape index (κ2) is 6.84. The molecule has 0 atom stereocenters. The van der Waals surface area contributed by atoms with Crippen molar-refractivity contribution < 1.29 is 14.5 Å². The Bertz CT molecular complexity index is 474. The molecule has 0 aromatic heterocycles. The van der Waals surface area contributed by atoms with Crippen LogP contribution in [0, 0.1) is 17.0 Å². The smallest absolute Gasteiger partial charge is 0.271 e. The Morgan fingerprint density at radius 3 is 2.58 bits per heavy atom. The third-order valence-corrected chi connectivity index (χ3v) is 2.56. The van der Waals surface area contributed by atoms with Crippen LogP contribution in [-0.4, -0.2) is 30.6 Å². The summed E-state index contributed by atoms with van der Waals surface area (Å²) in [5.74, 6) is -0.170. The van der Waals surface area contributed by atoms with Crippen molar-refractivity contribution in [2.24, 2.45) is 0 Å². The van der Waals surface area contributed by atoms with Crippen LogP contribution < -0.4 is 4.90 Å². The second-order valence-electron chi connectivity index (χ2n) is 3.88. The molecule has 1 aliphatic rings. The highest BCUT2D eigenvalue weighted by Gasteiger charge is 2.22. The van der Waals surface area contributed by atoms with Crippen LogP contribution in [0.2, 0.25) is 0 Å². The monoisotopic (exact) mass is 266 g/mol. The van der Waals surface area contributed by atoms with Crippen molar-refractivity contribution in [3.63, 3.8) is 0 Å². The molecule has 0 spiro atoms. The fourth-order valence-electron chi connectivity index (χ4n) is 1.80. The van der Waals surface area contributed by atoms with Crippen molar-refractivity contribution in [3.05, 3.63) is 33.9 Å². The summed E-state index contributed by atoms with van der Waals surface area (Å²) in [6.07, 6.45) is 0. The molecule has 1 saturated heterocycles. The van der Waals surface area contributed by atoms with Gasteiger partial charge in [0.2, 0.25) is 0 Å². The largest absolute Gasteiger partial charge is 0.370 e. The molecule has 2 rings (SSSR count). The van der Waals surface area contributed by atoms with E-state index in [1.54, 1.807) is 13.0 Å². The molecule has 1 amide bonds. The number of rotatable bonds is 2. The van der Waals surface area contributed by atoms with E-state index in [0.717, 1.165) is 5.56 Å². The summed E-state index contributed by atoms with van der Waals surface area (Å²) >= 11 is 0. The lowest BCUT2D eigenvalue weighted by Crippen LogP contribution is -2.41. The van der Waals surface area contributed by atoms with Gasteiger partial charge in [0.1, 0.15) is 6.61 Å². The average molecular weight is 266 g/mol. The molecule has 19 heavy (non-hydrogen) atoms. The summed E-state index contributed by atoms with van der Waals surface area (Å²) < 4.78 is 5.02. The van der Waals surface area contributed by atoms with Crippen LogP contribution in [0.3, 0.4) is 0 Å². The molecule has 1 aromatic carbocycles. The molecule has 0 bridgehead atoms. The fraction of sp³-hybridized carbons (Fsp3) is 0.462. The van der Waals surface area contributed by atoms with Gasteiger partial charge in [-0.05, 0) is 18.6 Å². The molecular weight excluding hydrogens is 248 g/mol. The number of amides is 1. The fourth-order valence-corrected chi connectivity index (χ4v) is 1.80. The number of nitrogens with zero attached hydrogens (tertiary/aromatic N) is 2. The van der Waals surface area contributed by atoms with Gasteiger partial charge in [0.25, 0.3) is 11.6 Å². The first-order chi connectivity index (χ1) is 9.08. The Morgan fingerprint density at radius 1 is 1.32 bits per heavy atom. The Labute approximate surface area is 112 Å². The van der Waals surface area contributed by atoms with Crippen molar-refractivity contribution in [2.45, 2.75) is 20.8 Å². The van der Waals surface area contributed by atoms with Gasteiger partial charge in [0.05, 0.1) is 17.2 Å². The van der Waals surface area contributed by atoms with E-state index in [4.69, 9.17) is 4.74 Å². The van der Waals surface area contributed by atoms with Gasteiger partial charge in [-0.1, -0.05) is 13.8 Å². The van der Waals surface area contributed by atoms with Crippen molar-refractivity contribution in [3.8, 4) is 0 Å². The molecule has 1 heterocycles. The zero-order chi connectivity index (χ0) is 14.4. The molecule has 0 radical (unpaired) electrons. The highest BCUT2D eigenvalue weighted by atomic mass is 16.6. The number of aryl methyl sites for hydroxylation is 1. The van der Waals surface area contributed by atoms with E-state index >= 15 is 0 Å². The number of ether oxygens (including phenoxy) is 1. The van der Waals surface area contributed by atoms with E-state index in [-0.39, 0.29) is 18.2 Å². The number of hydrogen-bond acceptors (Lipinski definition) is 4. The van der Waals surface area contributed by atoms with Crippen LogP contribution in [0.4, 0.5) is 11.4 Å². The number of benzene rings is 1. The number of morpholine rings is 1. The van der Waals surface area contributed by atoms with Crippen molar-refractivity contribution in [1.82, 2.24) is 0 Å². The van der Waals surface area contributed by atoms with Gasteiger partial charge in [0, 0.05) is 18.7 Å². The first-order valence-corrected chi connectivity index (χ1v) is 6.22. The maximum Gasteiger partial charge on any atom is 0.271 e. The molecule has 6 heteroatoms. The molecule has 0 aliphatic carbocycles. The average Bonchev–Trinajstić information content (AvgIpc) is 2.40. The van der Waals surface area contributed by atoms with E-state index in [1.165, 1.54) is 17.0 Å². The van der Waals surface area contributed by atoms with Crippen LogP contribution in [0.15, 0.2) is 18.2 Å². The molecule has 0 unspecified atom stereocenters. The second-order valence-corrected chi connectivity index (χ2v) is 3.88. The normalized spacial score (nSPS) is 14.7. The lowest BCUT2D eigenvalue weighted by molar-refractivity contribution is -0.384. The molecule has 1 fully saturated rings. The van der Waals surface area contributed by atoms with Crippen LogP contribution >= 0.6 is 0 Å². The SMILES string of the molecule is CC.Cc1cc(N2CCOCC2=O)cc([N+](=O)[O-])c1. The minimum absolute atomic E-state index is 0.000656. The third kappa shape index (κ3) is 3.75. The summed E-state index contributed by atoms with van der Waals surface area (Å²) in [5, 5.41) is 10.7. The predicted octanol–water partition coefficient (Wildman–Crippen LogP) is 2.29. The number of nitro benzene ring substituents is 1. The van der Waals surface area contributed by atoms with Gasteiger partial charge in [-0.15, -0.1) is 0 Å². The lowest BCUT2D eigenvalue weighted by atomic mass is 10.1.